The van der Waals surface area contributed by atoms with E-state index >= 15 is 0 Å². The standard InChI is InChI=1S/C10H13NO.C9H8N2O.C8H5ClN2/c1-12-10-7-6-8-4-2-3-5-9(8)11-10;1-12-9-5-4-7-8(11-9)3-2-6-10-7;9-8-4-3-6-7(11-8)2-1-5-10-6/h6-7H,2-5H2,1H3;2-6H,1H3;1-5H. The quantitative estimate of drug-likeness (QED) is 0.287. The summed E-state index contributed by atoms with van der Waals surface area (Å²) in [4.78, 5) is 20.9. The van der Waals surface area contributed by atoms with E-state index < -0.39 is 0 Å². The summed E-state index contributed by atoms with van der Waals surface area (Å²) in [6.07, 6.45) is 8.36. The third kappa shape index (κ3) is 6.61. The lowest BCUT2D eigenvalue weighted by atomic mass is 9.96. The summed E-state index contributed by atoms with van der Waals surface area (Å²) in [7, 11) is 3.27. The maximum absolute atomic E-state index is 5.68. The van der Waals surface area contributed by atoms with Crippen molar-refractivity contribution in [1.82, 2.24) is 24.9 Å². The maximum atomic E-state index is 5.68. The SMILES string of the molecule is COc1ccc2c(n1)CCCC2.COc1ccc2ncccc2n1.Clc1ccc2ncccc2n1. The molecule has 0 spiro atoms. The summed E-state index contributed by atoms with van der Waals surface area (Å²) in [6.45, 7) is 0. The average molecular weight is 488 g/mol. The minimum absolute atomic E-state index is 0.505. The third-order valence-electron chi connectivity index (χ3n) is 5.42. The molecule has 0 aromatic carbocycles. The van der Waals surface area contributed by atoms with E-state index in [-0.39, 0.29) is 0 Å². The van der Waals surface area contributed by atoms with E-state index in [2.05, 4.69) is 31.0 Å². The van der Waals surface area contributed by atoms with Gasteiger partial charge in [0.05, 0.1) is 36.3 Å². The van der Waals surface area contributed by atoms with Gasteiger partial charge in [-0.1, -0.05) is 17.7 Å². The van der Waals surface area contributed by atoms with Gasteiger partial charge in [-0.05, 0) is 73.7 Å². The zero-order chi connectivity index (χ0) is 24.5. The fourth-order valence-corrected chi connectivity index (χ4v) is 3.81. The number of methoxy groups -OCH3 is 2. The smallest absolute Gasteiger partial charge is 0.213 e. The summed E-state index contributed by atoms with van der Waals surface area (Å²) in [6, 6.07) is 18.8. The van der Waals surface area contributed by atoms with Crippen LogP contribution in [0.25, 0.3) is 22.1 Å². The van der Waals surface area contributed by atoms with Gasteiger partial charge in [-0.25, -0.2) is 15.0 Å². The first-order chi connectivity index (χ1) is 17.2. The molecule has 0 amide bonds. The summed E-state index contributed by atoms with van der Waals surface area (Å²) in [5.41, 5.74) is 6.09. The molecule has 7 nitrogen and oxygen atoms in total. The first kappa shape index (κ1) is 24.3. The Morgan fingerprint density at radius 1 is 0.629 bits per heavy atom. The minimum Gasteiger partial charge on any atom is -0.481 e. The van der Waals surface area contributed by atoms with Gasteiger partial charge < -0.3 is 9.47 Å². The number of aryl methyl sites for hydroxylation is 2. The Balaban J connectivity index is 0.000000124. The van der Waals surface area contributed by atoms with E-state index in [0.717, 1.165) is 34.4 Å². The fourth-order valence-electron chi connectivity index (χ4n) is 3.66. The lowest BCUT2D eigenvalue weighted by Gasteiger charge is -2.14. The number of ether oxygens (including phenoxy) is 2. The van der Waals surface area contributed by atoms with Gasteiger partial charge in [0.15, 0.2) is 0 Å². The highest BCUT2D eigenvalue weighted by atomic mass is 35.5. The van der Waals surface area contributed by atoms with Gasteiger partial charge >= 0.3 is 0 Å². The second-order valence-corrected chi connectivity index (χ2v) is 8.12. The van der Waals surface area contributed by atoms with Crippen molar-refractivity contribution in [2.24, 2.45) is 0 Å². The third-order valence-corrected chi connectivity index (χ3v) is 5.63. The number of rotatable bonds is 2. The van der Waals surface area contributed by atoms with Crippen LogP contribution in [0.2, 0.25) is 5.15 Å². The number of fused-ring (bicyclic) bond motifs is 3. The van der Waals surface area contributed by atoms with Gasteiger partial charge in [-0.3, -0.25) is 9.97 Å². The topological polar surface area (TPSA) is 82.9 Å². The van der Waals surface area contributed by atoms with Gasteiger partial charge in [-0.2, -0.15) is 0 Å². The van der Waals surface area contributed by atoms with Crippen molar-refractivity contribution in [3.63, 3.8) is 0 Å². The lowest BCUT2D eigenvalue weighted by Crippen LogP contribution is -2.05. The van der Waals surface area contributed by atoms with Crippen LogP contribution in [0.15, 0.2) is 73.1 Å². The molecule has 0 saturated carbocycles. The predicted molar refractivity (Wildman–Crippen MR) is 138 cm³/mol. The number of aromatic nitrogens is 5. The van der Waals surface area contributed by atoms with Crippen LogP contribution >= 0.6 is 11.6 Å². The summed E-state index contributed by atoms with van der Waals surface area (Å²) in [5.74, 6) is 1.37. The fraction of sp³-hybridized carbons (Fsp3) is 0.222. The zero-order valence-electron chi connectivity index (χ0n) is 19.7. The Morgan fingerprint density at radius 3 is 1.94 bits per heavy atom. The van der Waals surface area contributed by atoms with Crippen LogP contribution in [0.4, 0.5) is 0 Å². The molecule has 0 bridgehead atoms. The lowest BCUT2D eigenvalue weighted by molar-refractivity contribution is 0.394. The van der Waals surface area contributed by atoms with Crippen LogP contribution in [0.1, 0.15) is 24.1 Å². The Kier molecular flexibility index (Phi) is 8.35. The molecule has 5 heterocycles. The van der Waals surface area contributed by atoms with E-state index in [4.69, 9.17) is 21.1 Å². The molecule has 0 N–H and O–H groups in total. The number of pyridine rings is 5. The molecule has 5 aromatic heterocycles. The molecule has 0 radical (unpaired) electrons. The molecule has 1 aliphatic rings. The van der Waals surface area contributed by atoms with Crippen LogP contribution in [0.3, 0.4) is 0 Å². The first-order valence-corrected chi connectivity index (χ1v) is 11.7. The van der Waals surface area contributed by atoms with Crippen molar-refractivity contribution in [1.29, 1.82) is 0 Å². The molecular formula is C27H26ClN5O2. The van der Waals surface area contributed by atoms with Gasteiger partial charge in [0, 0.05) is 30.2 Å². The van der Waals surface area contributed by atoms with Crippen molar-refractivity contribution < 1.29 is 9.47 Å². The van der Waals surface area contributed by atoms with E-state index in [1.165, 1.54) is 30.5 Å². The maximum Gasteiger partial charge on any atom is 0.213 e. The average Bonchev–Trinajstić information content (AvgIpc) is 2.93. The predicted octanol–water partition coefficient (Wildman–Crippen LogP) is 5.89. The molecule has 0 fully saturated rings. The van der Waals surface area contributed by atoms with Crippen LogP contribution in [0.5, 0.6) is 11.8 Å². The highest BCUT2D eigenvalue weighted by Crippen LogP contribution is 2.21. The second kappa shape index (κ2) is 12.0. The molecule has 8 heteroatoms. The minimum atomic E-state index is 0.505. The normalized spacial score (nSPS) is 12.0. The van der Waals surface area contributed by atoms with E-state index in [9.17, 15) is 0 Å². The van der Waals surface area contributed by atoms with Gasteiger partial charge in [0.25, 0.3) is 0 Å². The summed E-state index contributed by atoms with van der Waals surface area (Å²) < 4.78 is 10.1. The largest absolute Gasteiger partial charge is 0.481 e. The Bertz CT molecular complexity index is 1410. The highest BCUT2D eigenvalue weighted by molar-refractivity contribution is 6.29. The molecule has 35 heavy (non-hydrogen) atoms. The molecule has 178 valence electrons. The molecule has 1 aliphatic carbocycles. The van der Waals surface area contributed by atoms with Crippen LogP contribution in [0, 0.1) is 0 Å². The van der Waals surface area contributed by atoms with E-state index in [1.807, 2.05) is 42.5 Å². The Hall–Kier alpha value is -3.84. The Morgan fingerprint density at radius 2 is 1.23 bits per heavy atom. The van der Waals surface area contributed by atoms with Crippen LogP contribution in [-0.4, -0.2) is 39.1 Å². The van der Waals surface area contributed by atoms with Crippen molar-refractivity contribution in [3.8, 4) is 11.8 Å². The molecule has 5 aromatic rings. The molecule has 0 saturated heterocycles. The number of nitrogens with zero attached hydrogens (tertiary/aromatic N) is 5. The first-order valence-electron chi connectivity index (χ1n) is 11.3. The van der Waals surface area contributed by atoms with Crippen molar-refractivity contribution in [2.75, 3.05) is 14.2 Å². The van der Waals surface area contributed by atoms with Gasteiger partial charge in [0.1, 0.15) is 5.15 Å². The van der Waals surface area contributed by atoms with Crippen LogP contribution < -0.4 is 9.47 Å². The molecule has 0 aliphatic heterocycles. The number of hydrogen-bond donors (Lipinski definition) is 0. The zero-order valence-corrected chi connectivity index (χ0v) is 20.4. The molecule has 0 unspecified atom stereocenters. The van der Waals surface area contributed by atoms with E-state index in [0.29, 0.717) is 11.0 Å². The summed E-state index contributed by atoms with van der Waals surface area (Å²) in [5, 5.41) is 0.505. The molecule has 6 rings (SSSR count). The monoisotopic (exact) mass is 487 g/mol. The Labute approximate surface area is 209 Å². The highest BCUT2D eigenvalue weighted by Gasteiger charge is 2.10. The van der Waals surface area contributed by atoms with E-state index in [1.54, 1.807) is 38.7 Å². The van der Waals surface area contributed by atoms with Crippen LogP contribution in [-0.2, 0) is 12.8 Å². The number of hydrogen-bond acceptors (Lipinski definition) is 7. The molecular weight excluding hydrogens is 462 g/mol. The van der Waals surface area contributed by atoms with Crippen molar-refractivity contribution in [3.05, 3.63) is 89.5 Å². The summed E-state index contributed by atoms with van der Waals surface area (Å²) >= 11 is 5.68. The number of halogens is 1. The van der Waals surface area contributed by atoms with Crippen molar-refractivity contribution >= 4 is 33.7 Å². The molecule has 0 atom stereocenters. The van der Waals surface area contributed by atoms with Gasteiger partial charge in [0.2, 0.25) is 11.8 Å². The van der Waals surface area contributed by atoms with Gasteiger partial charge in [-0.15, -0.1) is 0 Å². The van der Waals surface area contributed by atoms with Crippen molar-refractivity contribution in [2.45, 2.75) is 25.7 Å². The second-order valence-electron chi connectivity index (χ2n) is 7.74.